The van der Waals surface area contributed by atoms with Crippen molar-refractivity contribution < 1.29 is 24.1 Å². The summed E-state index contributed by atoms with van der Waals surface area (Å²) in [5.41, 5.74) is 2.07. The Kier molecular flexibility index (Phi) is 7.65. The Morgan fingerprint density at radius 3 is 2.00 bits per heavy atom. The highest BCUT2D eigenvalue weighted by atomic mass is 16.5. The number of rotatable bonds is 9. The number of methoxy groups -OCH3 is 4. The summed E-state index contributed by atoms with van der Waals surface area (Å²) in [6.07, 6.45) is 0.0364. The van der Waals surface area contributed by atoms with E-state index in [-0.39, 0.29) is 0 Å². The quantitative estimate of drug-likeness (QED) is 0.674. The molecule has 2 aromatic rings. The Hall–Kier alpha value is -2.64. The van der Waals surface area contributed by atoms with E-state index in [4.69, 9.17) is 18.9 Å². The van der Waals surface area contributed by atoms with Crippen molar-refractivity contribution in [1.82, 2.24) is 4.90 Å². The molecule has 1 fully saturated rings. The van der Waals surface area contributed by atoms with Crippen molar-refractivity contribution in [3.05, 3.63) is 42.0 Å². The molecule has 0 radical (unpaired) electrons. The van der Waals surface area contributed by atoms with Crippen molar-refractivity contribution in [3.8, 4) is 23.0 Å². The van der Waals surface area contributed by atoms with Gasteiger partial charge in [-0.1, -0.05) is 12.1 Å². The van der Waals surface area contributed by atoms with Gasteiger partial charge in [-0.05, 0) is 36.2 Å². The van der Waals surface area contributed by atoms with E-state index in [0.29, 0.717) is 30.2 Å². The van der Waals surface area contributed by atoms with E-state index in [9.17, 15) is 5.11 Å². The molecule has 164 valence electrons. The standard InChI is InChI=1S/C23H32N2O5/c1-27-20-8-6-5-7-19(20)25-11-9-24(10-12-25)16-18(26)13-17-14-21(28-2)23(30-4)22(15-17)29-3/h5-8,14-15,18,26H,9-13,16H2,1-4H3. The third-order valence-electron chi connectivity index (χ3n) is 5.46. The van der Waals surface area contributed by atoms with Crippen LogP contribution in [0.15, 0.2) is 36.4 Å². The number of hydrogen-bond acceptors (Lipinski definition) is 7. The van der Waals surface area contributed by atoms with E-state index in [0.717, 1.165) is 43.2 Å². The number of β-amino-alcohol motifs (C(OH)–C–C–N with tert-alkyl or cyclic N) is 1. The molecule has 0 amide bonds. The van der Waals surface area contributed by atoms with Gasteiger partial charge >= 0.3 is 0 Å². The van der Waals surface area contributed by atoms with E-state index in [1.165, 1.54) is 0 Å². The van der Waals surface area contributed by atoms with Gasteiger partial charge in [-0.3, -0.25) is 4.90 Å². The Morgan fingerprint density at radius 2 is 1.43 bits per heavy atom. The zero-order chi connectivity index (χ0) is 21.5. The van der Waals surface area contributed by atoms with E-state index >= 15 is 0 Å². The molecule has 2 aromatic carbocycles. The van der Waals surface area contributed by atoms with Crippen LogP contribution in [-0.2, 0) is 6.42 Å². The van der Waals surface area contributed by atoms with Crippen LogP contribution < -0.4 is 23.8 Å². The minimum absolute atomic E-state index is 0.481. The number of aliphatic hydroxyl groups is 1. The number of hydrogen-bond donors (Lipinski definition) is 1. The number of ether oxygens (including phenoxy) is 4. The molecule has 1 N–H and O–H groups in total. The van der Waals surface area contributed by atoms with Crippen LogP contribution in [0.2, 0.25) is 0 Å². The molecule has 0 aromatic heterocycles. The summed E-state index contributed by atoms with van der Waals surface area (Å²) >= 11 is 0. The molecular weight excluding hydrogens is 384 g/mol. The molecule has 1 aliphatic rings. The molecule has 0 bridgehead atoms. The van der Waals surface area contributed by atoms with Crippen LogP contribution in [0.5, 0.6) is 23.0 Å². The first-order chi connectivity index (χ1) is 14.6. The van der Waals surface area contributed by atoms with Gasteiger partial charge in [0.2, 0.25) is 5.75 Å². The fourth-order valence-electron chi connectivity index (χ4n) is 3.95. The molecular formula is C23H32N2O5. The van der Waals surface area contributed by atoms with E-state index < -0.39 is 6.10 Å². The van der Waals surface area contributed by atoms with Gasteiger partial charge in [-0.15, -0.1) is 0 Å². The topological polar surface area (TPSA) is 63.6 Å². The number of aliphatic hydroxyl groups excluding tert-OH is 1. The molecule has 1 saturated heterocycles. The fraction of sp³-hybridized carbons (Fsp3) is 0.478. The van der Waals surface area contributed by atoms with Crippen molar-refractivity contribution in [2.75, 3.05) is 66.1 Å². The van der Waals surface area contributed by atoms with Gasteiger partial charge in [0.1, 0.15) is 5.75 Å². The van der Waals surface area contributed by atoms with Crippen LogP contribution >= 0.6 is 0 Å². The van der Waals surface area contributed by atoms with Crippen LogP contribution in [0.1, 0.15) is 5.56 Å². The van der Waals surface area contributed by atoms with Crippen LogP contribution in [-0.4, -0.2) is 77.3 Å². The van der Waals surface area contributed by atoms with Crippen molar-refractivity contribution in [3.63, 3.8) is 0 Å². The fourth-order valence-corrected chi connectivity index (χ4v) is 3.95. The SMILES string of the molecule is COc1ccccc1N1CCN(CC(O)Cc2cc(OC)c(OC)c(OC)c2)CC1. The number of piperazine rings is 1. The smallest absolute Gasteiger partial charge is 0.203 e. The average Bonchev–Trinajstić information content (AvgIpc) is 2.78. The number of para-hydroxylation sites is 2. The molecule has 7 heteroatoms. The minimum Gasteiger partial charge on any atom is -0.495 e. The molecule has 1 heterocycles. The number of anilines is 1. The predicted octanol–water partition coefficient (Wildman–Crippen LogP) is 2.45. The molecule has 0 aliphatic carbocycles. The number of benzene rings is 2. The van der Waals surface area contributed by atoms with Gasteiger partial charge in [0, 0.05) is 32.7 Å². The number of nitrogens with zero attached hydrogens (tertiary/aromatic N) is 2. The molecule has 7 nitrogen and oxygen atoms in total. The second kappa shape index (κ2) is 10.4. The highest BCUT2D eigenvalue weighted by Crippen LogP contribution is 2.38. The molecule has 1 aliphatic heterocycles. The van der Waals surface area contributed by atoms with Gasteiger partial charge in [-0.25, -0.2) is 0 Å². The van der Waals surface area contributed by atoms with Crippen LogP contribution in [0, 0.1) is 0 Å². The third kappa shape index (κ3) is 5.09. The molecule has 1 atom stereocenters. The molecule has 0 spiro atoms. The van der Waals surface area contributed by atoms with Gasteiger partial charge in [-0.2, -0.15) is 0 Å². The van der Waals surface area contributed by atoms with Crippen molar-refractivity contribution in [2.24, 2.45) is 0 Å². The maximum atomic E-state index is 10.7. The summed E-state index contributed by atoms with van der Waals surface area (Å²) in [4.78, 5) is 4.63. The van der Waals surface area contributed by atoms with Crippen molar-refractivity contribution in [2.45, 2.75) is 12.5 Å². The maximum Gasteiger partial charge on any atom is 0.203 e. The lowest BCUT2D eigenvalue weighted by Gasteiger charge is -2.37. The first-order valence-electron chi connectivity index (χ1n) is 10.2. The Balaban J connectivity index is 1.57. The van der Waals surface area contributed by atoms with Gasteiger partial charge < -0.3 is 29.0 Å². The summed E-state index contributed by atoms with van der Waals surface area (Å²) in [6.45, 7) is 4.21. The Morgan fingerprint density at radius 1 is 0.833 bits per heavy atom. The highest BCUT2D eigenvalue weighted by molar-refractivity contribution is 5.58. The molecule has 3 rings (SSSR count). The minimum atomic E-state index is -0.481. The van der Waals surface area contributed by atoms with Gasteiger partial charge in [0.05, 0.1) is 40.2 Å². The van der Waals surface area contributed by atoms with E-state index in [1.54, 1.807) is 28.4 Å². The molecule has 30 heavy (non-hydrogen) atoms. The van der Waals surface area contributed by atoms with E-state index in [2.05, 4.69) is 15.9 Å². The highest BCUT2D eigenvalue weighted by Gasteiger charge is 2.22. The normalized spacial score (nSPS) is 15.6. The predicted molar refractivity (Wildman–Crippen MR) is 117 cm³/mol. The average molecular weight is 417 g/mol. The van der Waals surface area contributed by atoms with E-state index in [1.807, 2.05) is 30.3 Å². The first-order valence-corrected chi connectivity index (χ1v) is 10.2. The Bertz CT molecular complexity index is 796. The lowest BCUT2D eigenvalue weighted by atomic mass is 10.1. The second-order valence-corrected chi connectivity index (χ2v) is 7.35. The Labute approximate surface area is 178 Å². The monoisotopic (exact) mass is 416 g/mol. The lowest BCUT2D eigenvalue weighted by molar-refractivity contribution is 0.109. The van der Waals surface area contributed by atoms with Crippen LogP contribution in [0.4, 0.5) is 5.69 Å². The van der Waals surface area contributed by atoms with Crippen molar-refractivity contribution in [1.29, 1.82) is 0 Å². The molecule has 0 saturated carbocycles. The van der Waals surface area contributed by atoms with Gasteiger partial charge in [0.25, 0.3) is 0 Å². The third-order valence-corrected chi connectivity index (χ3v) is 5.46. The zero-order valence-electron chi connectivity index (χ0n) is 18.3. The second-order valence-electron chi connectivity index (χ2n) is 7.35. The molecule has 1 unspecified atom stereocenters. The van der Waals surface area contributed by atoms with Crippen molar-refractivity contribution >= 4 is 5.69 Å². The van der Waals surface area contributed by atoms with Crippen LogP contribution in [0.25, 0.3) is 0 Å². The summed E-state index contributed by atoms with van der Waals surface area (Å²) < 4.78 is 21.7. The summed E-state index contributed by atoms with van der Waals surface area (Å²) in [5, 5.41) is 10.7. The summed E-state index contributed by atoms with van der Waals surface area (Å²) in [6, 6.07) is 11.9. The first kappa shape index (κ1) is 22.1. The van der Waals surface area contributed by atoms with Gasteiger partial charge in [0.15, 0.2) is 11.5 Å². The largest absolute Gasteiger partial charge is 0.495 e. The summed E-state index contributed by atoms with van der Waals surface area (Å²) in [7, 11) is 6.48. The lowest BCUT2D eigenvalue weighted by Crippen LogP contribution is -2.48. The zero-order valence-corrected chi connectivity index (χ0v) is 18.3. The van der Waals surface area contributed by atoms with Crippen LogP contribution in [0.3, 0.4) is 0 Å². The maximum absolute atomic E-state index is 10.7. The summed E-state index contributed by atoms with van der Waals surface area (Å²) in [5.74, 6) is 2.66.